The van der Waals surface area contributed by atoms with Gasteiger partial charge >= 0.3 is 0 Å². The molecule has 6 heteroatoms. The molecule has 5 nitrogen and oxygen atoms in total. The normalized spacial score (nSPS) is 11.6. The minimum atomic E-state index is 0.631. The van der Waals surface area contributed by atoms with Crippen molar-refractivity contribution in [3.05, 3.63) is 182 Å². The van der Waals surface area contributed by atoms with Gasteiger partial charge in [0.2, 0.25) is 0 Å². The largest absolute Gasteiger partial charge is 0.455 e. The van der Waals surface area contributed by atoms with E-state index in [-0.39, 0.29) is 0 Å². The first-order chi connectivity index (χ1) is 27.7. The Labute approximate surface area is 326 Å². The molecule has 11 aromatic rings. The van der Waals surface area contributed by atoms with Crippen LogP contribution in [0.1, 0.15) is 0 Å². The number of aromatic nitrogens is 4. The average Bonchev–Trinajstić information content (AvgIpc) is 3.86. The van der Waals surface area contributed by atoms with Gasteiger partial charge < -0.3 is 4.42 Å². The summed E-state index contributed by atoms with van der Waals surface area (Å²) >= 11 is 1.83. The molecule has 56 heavy (non-hydrogen) atoms. The number of rotatable bonds is 6. The Hall–Kier alpha value is -7.28. The van der Waals surface area contributed by atoms with Crippen molar-refractivity contribution >= 4 is 53.4 Å². The first kappa shape index (κ1) is 32.2. The second-order valence-corrected chi connectivity index (χ2v) is 14.9. The molecular weight excluding hydrogens is 705 g/mol. The summed E-state index contributed by atoms with van der Waals surface area (Å²) in [7, 11) is 0. The Balaban J connectivity index is 1.06. The predicted molar refractivity (Wildman–Crippen MR) is 230 cm³/mol. The highest BCUT2D eigenvalue weighted by atomic mass is 32.1. The molecule has 0 saturated carbocycles. The summed E-state index contributed by atoms with van der Waals surface area (Å²) in [6.07, 6.45) is 3.75. The van der Waals surface area contributed by atoms with Crippen molar-refractivity contribution in [2.75, 3.05) is 0 Å². The highest BCUT2D eigenvalue weighted by Crippen LogP contribution is 2.46. The fourth-order valence-electron chi connectivity index (χ4n) is 7.75. The molecule has 0 unspecified atom stereocenters. The van der Waals surface area contributed by atoms with E-state index >= 15 is 0 Å². The smallest absolute Gasteiger partial charge is 0.160 e. The zero-order valence-corrected chi connectivity index (χ0v) is 30.7. The molecule has 0 bridgehead atoms. The topological polar surface area (TPSA) is 64.7 Å². The molecule has 0 radical (unpaired) electrons. The second kappa shape index (κ2) is 13.2. The van der Waals surface area contributed by atoms with Crippen LogP contribution in [0.25, 0.3) is 110 Å². The van der Waals surface area contributed by atoms with E-state index in [0.29, 0.717) is 11.6 Å². The van der Waals surface area contributed by atoms with E-state index in [4.69, 9.17) is 14.4 Å². The second-order valence-electron chi connectivity index (χ2n) is 13.8. The third-order valence-electron chi connectivity index (χ3n) is 10.5. The minimum absolute atomic E-state index is 0.631. The molecule has 0 aliphatic carbocycles. The minimum Gasteiger partial charge on any atom is -0.455 e. The SMILES string of the molecule is c1ccc(-c2cc(-c3ccc(-c4cccc5sc6ccccc6c45)c4c3oc3ccccc34)nc(-c3ccc(-c4cnc(-c5ccccc5)nc4)cc3)n2)cc1. The van der Waals surface area contributed by atoms with E-state index in [9.17, 15) is 0 Å². The molecule has 0 atom stereocenters. The van der Waals surface area contributed by atoms with Crippen molar-refractivity contribution in [1.82, 2.24) is 19.9 Å². The van der Waals surface area contributed by atoms with Crippen LogP contribution in [0, 0.1) is 0 Å². The molecule has 262 valence electrons. The molecule has 0 spiro atoms. The molecule has 11 rings (SSSR count). The summed E-state index contributed by atoms with van der Waals surface area (Å²) in [4.78, 5) is 19.7. The van der Waals surface area contributed by atoms with Crippen LogP contribution in [0.3, 0.4) is 0 Å². The summed E-state index contributed by atoms with van der Waals surface area (Å²) in [6.45, 7) is 0. The van der Waals surface area contributed by atoms with Crippen LogP contribution in [-0.4, -0.2) is 19.9 Å². The number of fused-ring (bicyclic) bond motifs is 6. The number of hydrogen-bond acceptors (Lipinski definition) is 6. The Morgan fingerprint density at radius 1 is 0.393 bits per heavy atom. The lowest BCUT2D eigenvalue weighted by molar-refractivity contribution is 0.670. The van der Waals surface area contributed by atoms with E-state index < -0.39 is 0 Å². The van der Waals surface area contributed by atoms with Crippen LogP contribution in [0.15, 0.2) is 187 Å². The fourth-order valence-corrected chi connectivity index (χ4v) is 8.88. The first-order valence-corrected chi connectivity index (χ1v) is 19.3. The quantitative estimate of drug-likeness (QED) is 0.170. The molecule has 7 aromatic carbocycles. The van der Waals surface area contributed by atoms with Gasteiger partial charge in [-0.25, -0.2) is 19.9 Å². The predicted octanol–water partition coefficient (Wildman–Crippen LogP) is 13.5. The van der Waals surface area contributed by atoms with Crippen LogP contribution in [0.4, 0.5) is 0 Å². The number of para-hydroxylation sites is 1. The van der Waals surface area contributed by atoms with Crippen molar-refractivity contribution in [2.45, 2.75) is 0 Å². The maximum absolute atomic E-state index is 6.80. The number of nitrogens with zero attached hydrogens (tertiary/aromatic N) is 4. The van der Waals surface area contributed by atoms with Crippen LogP contribution in [0.2, 0.25) is 0 Å². The number of hydrogen-bond donors (Lipinski definition) is 0. The summed E-state index contributed by atoms with van der Waals surface area (Å²) in [5.74, 6) is 1.33. The van der Waals surface area contributed by atoms with Gasteiger partial charge in [-0.05, 0) is 47.0 Å². The molecular formula is C50H30N4OS. The highest BCUT2D eigenvalue weighted by Gasteiger charge is 2.21. The van der Waals surface area contributed by atoms with Crippen molar-refractivity contribution < 1.29 is 4.42 Å². The molecule has 4 aromatic heterocycles. The van der Waals surface area contributed by atoms with E-state index in [2.05, 4.69) is 119 Å². The zero-order valence-electron chi connectivity index (χ0n) is 29.9. The molecule has 0 N–H and O–H groups in total. The molecule has 0 fully saturated rings. The Kier molecular flexibility index (Phi) is 7.60. The molecule has 0 amide bonds. The Morgan fingerprint density at radius 3 is 1.80 bits per heavy atom. The monoisotopic (exact) mass is 734 g/mol. The van der Waals surface area contributed by atoms with Gasteiger partial charge in [-0.3, -0.25) is 0 Å². The standard InChI is InChI=1S/C50H30N4OS/c1-3-12-32(13-4-1)41-28-42(54-50(53-41)34-24-22-31(23-25-34)35-29-51-49(52-30-35)33-14-5-2-6-15-33)38-27-26-37(47-39-16-7-9-19-43(39)55-48(38)47)36-18-11-21-45-46(36)40-17-8-10-20-44(40)56-45/h1-30H. The van der Waals surface area contributed by atoms with Crippen molar-refractivity contribution in [3.63, 3.8) is 0 Å². The van der Waals surface area contributed by atoms with Crippen LogP contribution in [0.5, 0.6) is 0 Å². The van der Waals surface area contributed by atoms with Gasteiger partial charge in [-0.15, -0.1) is 11.3 Å². The van der Waals surface area contributed by atoms with Gasteiger partial charge in [-0.2, -0.15) is 0 Å². The van der Waals surface area contributed by atoms with Crippen LogP contribution < -0.4 is 0 Å². The Bertz CT molecular complexity index is 3230. The third kappa shape index (κ3) is 5.46. The summed E-state index contributed by atoms with van der Waals surface area (Å²) < 4.78 is 9.35. The van der Waals surface area contributed by atoms with Gasteiger partial charge in [0.1, 0.15) is 11.2 Å². The van der Waals surface area contributed by atoms with E-state index in [1.807, 2.05) is 84.4 Å². The van der Waals surface area contributed by atoms with Crippen molar-refractivity contribution in [1.29, 1.82) is 0 Å². The van der Waals surface area contributed by atoms with Crippen molar-refractivity contribution in [2.24, 2.45) is 0 Å². The third-order valence-corrected chi connectivity index (χ3v) is 11.6. The molecule has 0 aliphatic heterocycles. The van der Waals surface area contributed by atoms with Gasteiger partial charge in [0.25, 0.3) is 0 Å². The van der Waals surface area contributed by atoms with Crippen molar-refractivity contribution in [3.8, 4) is 67.5 Å². The lowest BCUT2D eigenvalue weighted by Gasteiger charge is -2.12. The van der Waals surface area contributed by atoms with Gasteiger partial charge in [-0.1, -0.05) is 140 Å². The Morgan fingerprint density at radius 2 is 1.00 bits per heavy atom. The molecule has 0 saturated heterocycles. The maximum atomic E-state index is 6.80. The fraction of sp³-hybridized carbons (Fsp3) is 0. The molecule has 0 aliphatic rings. The van der Waals surface area contributed by atoms with E-state index in [1.54, 1.807) is 0 Å². The first-order valence-electron chi connectivity index (χ1n) is 18.5. The average molecular weight is 735 g/mol. The summed E-state index contributed by atoms with van der Waals surface area (Å²) in [5.41, 5.74) is 11.4. The van der Waals surface area contributed by atoms with Gasteiger partial charge in [0.05, 0.1) is 11.4 Å². The number of thiophene rings is 1. The highest BCUT2D eigenvalue weighted by molar-refractivity contribution is 7.25. The summed E-state index contributed by atoms with van der Waals surface area (Å²) in [6, 6.07) is 58.7. The van der Waals surface area contributed by atoms with Gasteiger partial charge in [0.15, 0.2) is 11.6 Å². The zero-order chi connectivity index (χ0) is 37.0. The van der Waals surface area contributed by atoms with Crippen LogP contribution >= 0.6 is 11.3 Å². The van der Waals surface area contributed by atoms with E-state index in [1.165, 1.54) is 25.7 Å². The molecule has 4 heterocycles. The van der Waals surface area contributed by atoms with E-state index in [0.717, 1.165) is 72.3 Å². The lowest BCUT2D eigenvalue weighted by atomic mass is 9.93. The number of furan rings is 1. The van der Waals surface area contributed by atoms with Crippen LogP contribution in [-0.2, 0) is 0 Å². The number of benzene rings is 7. The summed E-state index contributed by atoms with van der Waals surface area (Å²) in [5, 5.41) is 4.69. The maximum Gasteiger partial charge on any atom is 0.160 e. The van der Waals surface area contributed by atoms with Gasteiger partial charge in [0, 0.05) is 71.2 Å². The lowest BCUT2D eigenvalue weighted by Crippen LogP contribution is -1.96.